The Kier molecular flexibility index (Phi) is 5.57. The second-order valence-electron chi connectivity index (χ2n) is 6.91. The summed E-state index contributed by atoms with van der Waals surface area (Å²) in [7, 11) is 0. The highest BCUT2D eigenvalue weighted by Crippen LogP contribution is 2.24. The molecular weight excluding hydrogens is 234 g/mol. The van der Waals surface area contributed by atoms with Gasteiger partial charge >= 0.3 is 0 Å². The number of nitrogens with one attached hydrogen (secondary N) is 1. The molecule has 19 heavy (non-hydrogen) atoms. The first-order chi connectivity index (χ1) is 8.71. The maximum Gasteiger partial charge on any atom is 0.0940 e. The molecule has 2 heteroatoms. The summed E-state index contributed by atoms with van der Waals surface area (Å²) in [5.41, 5.74) is 2.44. The first-order valence-electron chi connectivity index (χ1n) is 7.23. The van der Waals surface area contributed by atoms with Crippen LogP contribution in [0.5, 0.6) is 0 Å². The lowest BCUT2D eigenvalue weighted by atomic mass is 9.86. The van der Waals surface area contributed by atoms with Gasteiger partial charge in [-0.2, -0.15) is 0 Å². The van der Waals surface area contributed by atoms with Crippen molar-refractivity contribution in [2.75, 3.05) is 6.54 Å². The standard InChI is InChI=1S/C17H29NO/c1-12(2)11-18-13(3)16(19)14-7-9-15(10-8-14)17(4,5)6/h7-10,12-13,16,18-19H,11H2,1-6H3. The highest BCUT2D eigenvalue weighted by molar-refractivity contribution is 5.29. The fourth-order valence-corrected chi connectivity index (χ4v) is 2.00. The van der Waals surface area contributed by atoms with E-state index in [0.717, 1.165) is 12.1 Å². The van der Waals surface area contributed by atoms with E-state index in [9.17, 15) is 5.11 Å². The predicted octanol–water partition coefficient (Wildman–Crippen LogP) is 3.65. The fraction of sp³-hybridized carbons (Fsp3) is 0.647. The molecule has 2 unspecified atom stereocenters. The van der Waals surface area contributed by atoms with Gasteiger partial charge in [-0.1, -0.05) is 58.9 Å². The molecule has 0 saturated heterocycles. The largest absolute Gasteiger partial charge is 0.387 e. The molecule has 108 valence electrons. The van der Waals surface area contributed by atoms with E-state index in [-0.39, 0.29) is 11.5 Å². The molecule has 1 aromatic rings. The Morgan fingerprint density at radius 2 is 1.58 bits per heavy atom. The van der Waals surface area contributed by atoms with Crippen LogP contribution in [0.3, 0.4) is 0 Å². The van der Waals surface area contributed by atoms with Crippen LogP contribution in [0.1, 0.15) is 58.8 Å². The second kappa shape index (κ2) is 6.53. The number of benzene rings is 1. The Bertz CT molecular complexity index is 375. The maximum absolute atomic E-state index is 10.3. The topological polar surface area (TPSA) is 32.3 Å². The van der Waals surface area contributed by atoms with Crippen molar-refractivity contribution in [1.82, 2.24) is 5.32 Å². The number of hydrogen-bond acceptors (Lipinski definition) is 2. The van der Waals surface area contributed by atoms with E-state index in [2.05, 4.69) is 52.1 Å². The van der Waals surface area contributed by atoms with E-state index in [1.165, 1.54) is 5.56 Å². The van der Waals surface area contributed by atoms with Crippen molar-refractivity contribution in [3.63, 3.8) is 0 Å². The van der Waals surface area contributed by atoms with Crippen LogP contribution in [-0.2, 0) is 5.41 Å². The van der Waals surface area contributed by atoms with E-state index in [0.29, 0.717) is 5.92 Å². The quantitative estimate of drug-likeness (QED) is 0.850. The minimum absolute atomic E-state index is 0.0721. The van der Waals surface area contributed by atoms with Gasteiger partial charge in [0.15, 0.2) is 0 Å². The zero-order valence-electron chi connectivity index (χ0n) is 13.2. The van der Waals surface area contributed by atoms with Gasteiger partial charge in [-0.15, -0.1) is 0 Å². The Labute approximate surface area is 118 Å². The van der Waals surface area contributed by atoms with Gasteiger partial charge in [0.1, 0.15) is 0 Å². The molecule has 0 fully saturated rings. The molecule has 2 N–H and O–H groups in total. The molecule has 1 rings (SSSR count). The summed E-state index contributed by atoms with van der Waals surface area (Å²) < 4.78 is 0. The summed E-state index contributed by atoms with van der Waals surface area (Å²) in [6, 6.07) is 8.39. The van der Waals surface area contributed by atoms with E-state index < -0.39 is 6.10 Å². The Morgan fingerprint density at radius 1 is 1.05 bits per heavy atom. The molecule has 0 spiro atoms. The van der Waals surface area contributed by atoms with Crippen LogP contribution in [0, 0.1) is 5.92 Å². The molecule has 0 amide bonds. The molecule has 0 heterocycles. The lowest BCUT2D eigenvalue weighted by Crippen LogP contribution is -2.34. The molecule has 2 atom stereocenters. The molecule has 0 aliphatic rings. The molecule has 0 radical (unpaired) electrons. The SMILES string of the molecule is CC(C)CNC(C)C(O)c1ccc(C(C)(C)C)cc1. The first kappa shape index (κ1) is 16.2. The Morgan fingerprint density at radius 3 is 2.00 bits per heavy atom. The molecule has 2 nitrogen and oxygen atoms in total. The van der Waals surface area contributed by atoms with Crippen LogP contribution < -0.4 is 5.32 Å². The molecule has 0 saturated carbocycles. The lowest BCUT2D eigenvalue weighted by Gasteiger charge is -2.23. The summed E-state index contributed by atoms with van der Waals surface area (Å²) in [6.45, 7) is 13.9. The Balaban J connectivity index is 2.69. The Hall–Kier alpha value is -0.860. The fourth-order valence-electron chi connectivity index (χ4n) is 2.00. The van der Waals surface area contributed by atoms with Crippen molar-refractivity contribution in [3.8, 4) is 0 Å². The summed E-state index contributed by atoms with van der Waals surface area (Å²) in [5.74, 6) is 0.595. The third-order valence-electron chi connectivity index (χ3n) is 3.44. The zero-order valence-corrected chi connectivity index (χ0v) is 13.2. The summed E-state index contributed by atoms with van der Waals surface area (Å²) in [4.78, 5) is 0. The molecule has 1 aromatic carbocycles. The normalized spacial score (nSPS) is 15.6. The van der Waals surface area contributed by atoms with Crippen LogP contribution in [0.4, 0.5) is 0 Å². The monoisotopic (exact) mass is 263 g/mol. The first-order valence-corrected chi connectivity index (χ1v) is 7.23. The summed E-state index contributed by atoms with van der Waals surface area (Å²) >= 11 is 0. The van der Waals surface area contributed by atoms with E-state index in [1.54, 1.807) is 0 Å². The molecule has 0 aliphatic carbocycles. The van der Waals surface area contributed by atoms with Gasteiger partial charge in [-0.25, -0.2) is 0 Å². The third kappa shape index (κ3) is 4.96. The van der Waals surface area contributed by atoms with Gasteiger partial charge in [-0.3, -0.25) is 0 Å². The van der Waals surface area contributed by atoms with Crippen molar-refractivity contribution in [3.05, 3.63) is 35.4 Å². The van der Waals surface area contributed by atoms with Gasteiger partial charge in [0.05, 0.1) is 6.10 Å². The van der Waals surface area contributed by atoms with Crippen LogP contribution in [0.15, 0.2) is 24.3 Å². The second-order valence-corrected chi connectivity index (χ2v) is 6.91. The van der Waals surface area contributed by atoms with E-state index in [1.807, 2.05) is 19.1 Å². The van der Waals surface area contributed by atoms with Crippen molar-refractivity contribution in [2.45, 2.75) is 59.1 Å². The van der Waals surface area contributed by atoms with Crippen molar-refractivity contribution < 1.29 is 5.11 Å². The van der Waals surface area contributed by atoms with E-state index in [4.69, 9.17) is 0 Å². The lowest BCUT2D eigenvalue weighted by molar-refractivity contribution is 0.134. The number of aliphatic hydroxyl groups excluding tert-OH is 1. The highest BCUT2D eigenvalue weighted by Gasteiger charge is 2.18. The van der Waals surface area contributed by atoms with Gasteiger partial charge in [0.25, 0.3) is 0 Å². The third-order valence-corrected chi connectivity index (χ3v) is 3.44. The van der Waals surface area contributed by atoms with Gasteiger partial charge < -0.3 is 10.4 Å². The summed E-state index contributed by atoms with van der Waals surface area (Å²) in [6.07, 6.45) is -0.451. The average Bonchev–Trinajstić information content (AvgIpc) is 2.34. The van der Waals surface area contributed by atoms with Crippen LogP contribution in [-0.4, -0.2) is 17.7 Å². The van der Waals surface area contributed by atoms with Crippen molar-refractivity contribution >= 4 is 0 Å². The molecule has 0 aliphatic heterocycles. The van der Waals surface area contributed by atoms with Crippen molar-refractivity contribution in [2.24, 2.45) is 5.92 Å². The number of hydrogen-bond donors (Lipinski definition) is 2. The minimum Gasteiger partial charge on any atom is -0.387 e. The highest BCUT2D eigenvalue weighted by atomic mass is 16.3. The van der Waals surface area contributed by atoms with Gasteiger partial charge in [0, 0.05) is 6.04 Å². The van der Waals surface area contributed by atoms with Crippen LogP contribution in [0.2, 0.25) is 0 Å². The maximum atomic E-state index is 10.3. The average molecular weight is 263 g/mol. The number of rotatable bonds is 5. The van der Waals surface area contributed by atoms with Gasteiger partial charge in [0.2, 0.25) is 0 Å². The predicted molar refractivity (Wildman–Crippen MR) is 82.4 cm³/mol. The number of aliphatic hydroxyl groups is 1. The van der Waals surface area contributed by atoms with Gasteiger partial charge in [-0.05, 0) is 35.9 Å². The zero-order chi connectivity index (χ0) is 14.6. The van der Waals surface area contributed by atoms with Crippen LogP contribution >= 0.6 is 0 Å². The van der Waals surface area contributed by atoms with E-state index >= 15 is 0 Å². The minimum atomic E-state index is -0.451. The molecular formula is C17H29NO. The van der Waals surface area contributed by atoms with Crippen molar-refractivity contribution in [1.29, 1.82) is 0 Å². The van der Waals surface area contributed by atoms with Crippen LogP contribution in [0.25, 0.3) is 0 Å². The smallest absolute Gasteiger partial charge is 0.0940 e. The molecule has 0 aromatic heterocycles. The summed E-state index contributed by atoms with van der Waals surface area (Å²) in [5, 5.41) is 13.7. The molecule has 0 bridgehead atoms.